The lowest BCUT2D eigenvalue weighted by molar-refractivity contribution is 0.938. The van der Waals surface area contributed by atoms with Crippen molar-refractivity contribution in [2.24, 2.45) is 0 Å². The second kappa shape index (κ2) is 6.95. The first-order valence-electron chi connectivity index (χ1n) is 3.63. The molecule has 4 heteroatoms. The molecule has 0 bridgehead atoms. The van der Waals surface area contributed by atoms with E-state index in [1.807, 2.05) is 13.8 Å². The summed E-state index contributed by atoms with van der Waals surface area (Å²) < 4.78 is 0. The summed E-state index contributed by atoms with van der Waals surface area (Å²) in [7, 11) is 1.76. The van der Waals surface area contributed by atoms with Crippen LogP contribution in [0.4, 0.5) is 5.95 Å². The van der Waals surface area contributed by atoms with Crippen LogP contribution < -0.4 is 10.9 Å². The first-order chi connectivity index (χ1) is 5.43. The molecule has 4 nitrogen and oxygen atoms in total. The zero-order chi connectivity index (χ0) is 8.53. The molecule has 0 aliphatic rings. The second-order valence-corrected chi connectivity index (χ2v) is 1.45. The van der Waals surface area contributed by atoms with E-state index in [2.05, 4.69) is 20.8 Å². The third kappa shape index (κ3) is 4.27. The van der Waals surface area contributed by atoms with E-state index < -0.39 is 0 Å². The Balaban J connectivity index is 0.000000461. The van der Waals surface area contributed by atoms with Gasteiger partial charge in [-0.15, -0.1) is 0 Å². The number of hydrogen-bond donors (Lipinski definition) is 2. The zero-order valence-electron chi connectivity index (χ0n) is 7.13. The molecule has 62 valence electrons. The van der Waals surface area contributed by atoms with Crippen LogP contribution in [-0.4, -0.2) is 17.0 Å². The molecule has 1 aromatic heterocycles. The summed E-state index contributed by atoms with van der Waals surface area (Å²) >= 11 is 0. The van der Waals surface area contributed by atoms with Gasteiger partial charge in [-0.3, -0.25) is 5.43 Å². The van der Waals surface area contributed by atoms with E-state index in [1.54, 1.807) is 25.5 Å². The number of anilines is 1. The molecular weight excluding hydrogens is 140 g/mol. The van der Waals surface area contributed by atoms with Crippen LogP contribution in [0, 0.1) is 0 Å². The molecule has 0 atom stereocenters. The van der Waals surface area contributed by atoms with Crippen molar-refractivity contribution in [3.63, 3.8) is 0 Å². The van der Waals surface area contributed by atoms with Crippen LogP contribution in [-0.2, 0) is 0 Å². The standard InChI is InChI=1S/C5H8N4.C2H6/c1-6-9-5-7-3-2-4-8-5;1-2/h2-4,6H,1H3,(H,7,8,9);1-2H3. The Labute approximate surface area is 67.0 Å². The summed E-state index contributed by atoms with van der Waals surface area (Å²) in [6, 6.07) is 1.76. The SMILES string of the molecule is CC.CNNc1ncccn1. The number of hydrogen-bond acceptors (Lipinski definition) is 4. The molecular formula is C7H14N4. The molecule has 0 spiro atoms. The van der Waals surface area contributed by atoms with Gasteiger partial charge in [0.05, 0.1) is 0 Å². The van der Waals surface area contributed by atoms with Crippen molar-refractivity contribution in [2.45, 2.75) is 13.8 Å². The minimum absolute atomic E-state index is 0.583. The molecule has 1 aromatic rings. The van der Waals surface area contributed by atoms with Gasteiger partial charge in [-0.2, -0.15) is 0 Å². The highest BCUT2D eigenvalue weighted by atomic mass is 15.4. The van der Waals surface area contributed by atoms with E-state index in [-0.39, 0.29) is 0 Å². The summed E-state index contributed by atoms with van der Waals surface area (Å²) in [5, 5.41) is 0. The second-order valence-electron chi connectivity index (χ2n) is 1.45. The molecule has 2 N–H and O–H groups in total. The third-order valence-electron chi connectivity index (χ3n) is 0.803. The highest BCUT2D eigenvalue weighted by Crippen LogP contribution is 1.88. The lowest BCUT2D eigenvalue weighted by Gasteiger charge is -1.97. The van der Waals surface area contributed by atoms with Gasteiger partial charge in [0.1, 0.15) is 0 Å². The summed E-state index contributed by atoms with van der Waals surface area (Å²) in [4.78, 5) is 7.77. The molecule has 0 saturated heterocycles. The average Bonchev–Trinajstić information content (AvgIpc) is 2.11. The van der Waals surface area contributed by atoms with Crippen molar-refractivity contribution in [1.82, 2.24) is 15.4 Å². The van der Waals surface area contributed by atoms with Crippen molar-refractivity contribution in [2.75, 3.05) is 12.5 Å². The lowest BCUT2D eigenvalue weighted by atomic mass is 10.7. The van der Waals surface area contributed by atoms with Crippen LogP contribution in [0.25, 0.3) is 0 Å². The molecule has 0 unspecified atom stereocenters. The first-order valence-corrected chi connectivity index (χ1v) is 3.63. The van der Waals surface area contributed by atoms with Gasteiger partial charge in [0.15, 0.2) is 0 Å². The molecule has 0 fully saturated rings. The molecule has 0 aromatic carbocycles. The first kappa shape index (κ1) is 9.84. The molecule has 0 aliphatic heterocycles. The third-order valence-corrected chi connectivity index (χ3v) is 0.803. The molecule has 0 radical (unpaired) electrons. The number of aromatic nitrogens is 2. The largest absolute Gasteiger partial charge is 0.290 e. The molecule has 1 rings (SSSR count). The van der Waals surface area contributed by atoms with Gasteiger partial charge in [-0.1, -0.05) is 13.8 Å². The highest BCUT2D eigenvalue weighted by molar-refractivity contribution is 5.19. The van der Waals surface area contributed by atoms with E-state index in [4.69, 9.17) is 0 Å². The normalized spacial score (nSPS) is 7.91. The van der Waals surface area contributed by atoms with Gasteiger partial charge in [-0.25, -0.2) is 15.4 Å². The Bertz CT molecular complexity index is 163. The Hall–Kier alpha value is -1.16. The number of nitrogens with zero attached hydrogens (tertiary/aromatic N) is 2. The van der Waals surface area contributed by atoms with E-state index in [0.29, 0.717) is 5.95 Å². The van der Waals surface area contributed by atoms with Gasteiger partial charge in [-0.05, 0) is 6.07 Å². The summed E-state index contributed by atoms with van der Waals surface area (Å²) in [6.45, 7) is 4.00. The topological polar surface area (TPSA) is 49.8 Å². The van der Waals surface area contributed by atoms with E-state index in [9.17, 15) is 0 Å². The Kier molecular flexibility index (Phi) is 6.22. The predicted octanol–water partition coefficient (Wildman–Crippen LogP) is 1.05. The van der Waals surface area contributed by atoms with Gasteiger partial charge in [0.25, 0.3) is 0 Å². The van der Waals surface area contributed by atoms with E-state index >= 15 is 0 Å². The molecule has 0 amide bonds. The maximum Gasteiger partial charge on any atom is 0.237 e. The van der Waals surface area contributed by atoms with Crippen LogP contribution in [0.15, 0.2) is 18.5 Å². The van der Waals surface area contributed by atoms with Crippen molar-refractivity contribution in [3.05, 3.63) is 18.5 Å². The van der Waals surface area contributed by atoms with Crippen LogP contribution >= 0.6 is 0 Å². The number of nitrogens with one attached hydrogen (secondary N) is 2. The fraction of sp³-hybridized carbons (Fsp3) is 0.429. The Morgan fingerprint density at radius 1 is 1.18 bits per heavy atom. The Morgan fingerprint density at radius 2 is 1.73 bits per heavy atom. The maximum atomic E-state index is 3.88. The fourth-order valence-electron chi connectivity index (χ4n) is 0.475. The molecule has 11 heavy (non-hydrogen) atoms. The molecule has 0 saturated carbocycles. The van der Waals surface area contributed by atoms with Crippen molar-refractivity contribution in [1.29, 1.82) is 0 Å². The Morgan fingerprint density at radius 3 is 2.18 bits per heavy atom. The average molecular weight is 154 g/mol. The summed E-state index contributed by atoms with van der Waals surface area (Å²) in [6.07, 6.45) is 3.35. The minimum atomic E-state index is 0.583. The minimum Gasteiger partial charge on any atom is -0.290 e. The lowest BCUT2D eigenvalue weighted by Crippen LogP contribution is -2.16. The van der Waals surface area contributed by atoms with Crippen LogP contribution in [0.2, 0.25) is 0 Å². The van der Waals surface area contributed by atoms with E-state index in [1.165, 1.54) is 0 Å². The van der Waals surface area contributed by atoms with Crippen molar-refractivity contribution >= 4 is 5.95 Å². The van der Waals surface area contributed by atoms with Gasteiger partial charge < -0.3 is 0 Å². The van der Waals surface area contributed by atoms with Gasteiger partial charge >= 0.3 is 0 Å². The van der Waals surface area contributed by atoms with E-state index in [0.717, 1.165) is 0 Å². The quantitative estimate of drug-likeness (QED) is 0.625. The molecule has 1 heterocycles. The monoisotopic (exact) mass is 154 g/mol. The van der Waals surface area contributed by atoms with Crippen LogP contribution in [0.5, 0.6) is 0 Å². The summed E-state index contributed by atoms with van der Waals surface area (Å²) in [5.74, 6) is 0.583. The fourth-order valence-corrected chi connectivity index (χ4v) is 0.475. The maximum absolute atomic E-state index is 3.88. The van der Waals surface area contributed by atoms with Crippen molar-refractivity contribution < 1.29 is 0 Å². The van der Waals surface area contributed by atoms with Crippen LogP contribution in [0.3, 0.4) is 0 Å². The predicted molar refractivity (Wildman–Crippen MR) is 46.1 cm³/mol. The zero-order valence-corrected chi connectivity index (χ0v) is 7.13. The van der Waals surface area contributed by atoms with Gasteiger partial charge in [0, 0.05) is 19.4 Å². The van der Waals surface area contributed by atoms with Gasteiger partial charge in [0.2, 0.25) is 5.95 Å². The summed E-state index contributed by atoms with van der Waals surface area (Å²) in [5.41, 5.74) is 5.44. The number of hydrazine groups is 1. The smallest absolute Gasteiger partial charge is 0.237 e. The molecule has 0 aliphatic carbocycles. The van der Waals surface area contributed by atoms with Crippen LogP contribution in [0.1, 0.15) is 13.8 Å². The van der Waals surface area contributed by atoms with Crippen molar-refractivity contribution in [3.8, 4) is 0 Å². The number of rotatable bonds is 2. The highest BCUT2D eigenvalue weighted by Gasteiger charge is 1.84.